The Bertz CT molecular complexity index is 1260. The van der Waals surface area contributed by atoms with E-state index in [0.29, 0.717) is 38.1 Å². The van der Waals surface area contributed by atoms with Gasteiger partial charge in [-0.25, -0.2) is 4.79 Å². The van der Waals surface area contributed by atoms with Crippen molar-refractivity contribution < 1.29 is 28.7 Å². The summed E-state index contributed by atoms with van der Waals surface area (Å²) in [6, 6.07) is 10.4. The van der Waals surface area contributed by atoms with Gasteiger partial charge in [-0.15, -0.1) is 11.3 Å². The largest absolute Gasteiger partial charge is 0.494 e. The number of rotatable bonds is 12. The third-order valence-corrected chi connectivity index (χ3v) is 7.27. The number of thiophene rings is 1. The summed E-state index contributed by atoms with van der Waals surface area (Å²) in [5.74, 6) is -0.191. The molecule has 1 aromatic carbocycles. The molecule has 242 valence electrons. The summed E-state index contributed by atoms with van der Waals surface area (Å²) in [5, 5.41) is 7.25. The van der Waals surface area contributed by atoms with Crippen molar-refractivity contribution >= 4 is 41.0 Å². The number of para-hydroxylation sites is 1. The van der Waals surface area contributed by atoms with E-state index in [1.165, 1.54) is 16.2 Å². The number of nitrogens with one attached hydrogen (secondary N) is 2. The highest BCUT2D eigenvalue weighted by Gasteiger charge is 2.38. The van der Waals surface area contributed by atoms with E-state index < -0.39 is 17.7 Å². The second-order valence-electron chi connectivity index (χ2n) is 10.9. The van der Waals surface area contributed by atoms with Crippen LogP contribution in [0.15, 0.2) is 46.8 Å². The molecule has 1 fully saturated rings. The number of hydrogen-bond donors (Lipinski definition) is 4. The summed E-state index contributed by atoms with van der Waals surface area (Å²) in [6.45, 7) is 10.3. The number of likely N-dealkylation sites (tertiary alicyclic amines) is 1. The van der Waals surface area contributed by atoms with Crippen molar-refractivity contribution in [1.82, 2.24) is 15.5 Å². The molecule has 0 bridgehead atoms. The molecule has 0 radical (unpaired) electrons. The van der Waals surface area contributed by atoms with Crippen LogP contribution < -0.4 is 26.8 Å². The van der Waals surface area contributed by atoms with E-state index in [9.17, 15) is 19.2 Å². The van der Waals surface area contributed by atoms with Crippen LogP contribution in [-0.2, 0) is 25.7 Å². The van der Waals surface area contributed by atoms with Gasteiger partial charge >= 0.3 is 6.09 Å². The summed E-state index contributed by atoms with van der Waals surface area (Å²) in [4.78, 5) is 56.3. The number of amidine groups is 1. The van der Waals surface area contributed by atoms with Crippen LogP contribution in [-0.4, -0.2) is 72.4 Å². The van der Waals surface area contributed by atoms with Gasteiger partial charge in [0.1, 0.15) is 23.2 Å². The molecule has 0 aliphatic carbocycles. The molecular weight excluding hydrogens is 584 g/mol. The van der Waals surface area contributed by atoms with E-state index in [-0.39, 0.29) is 49.0 Å². The summed E-state index contributed by atoms with van der Waals surface area (Å²) >= 11 is 1.35. The Balaban J connectivity index is 0.00000330. The van der Waals surface area contributed by atoms with Crippen LogP contribution in [0.25, 0.3) is 0 Å². The second kappa shape index (κ2) is 18.0. The van der Waals surface area contributed by atoms with Crippen molar-refractivity contribution in [3.05, 3.63) is 52.2 Å². The van der Waals surface area contributed by atoms with Gasteiger partial charge in [0.25, 0.3) is 0 Å². The van der Waals surface area contributed by atoms with Gasteiger partial charge in [-0.3, -0.25) is 14.4 Å². The highest BCUT2D eigenvalue weighted by Crippen LogP contribution is 2.23. The molecule has 2 atom stereocenters. The Morgan fingerprint density at radius 3 is 2.48 bits per heavy atom. The minimum atomic E-state index is -0.783. The van der Waals surface area contributed by atoms with Gasteiger partial charge in [-0.05, 0) is 64.3 Å². The van der Waals surface area contributed by atoms with E-state index in [0.717, 1.165) is 10.6 Å². The summed E-state index contributed by atoms with van der Waals surface area (Å²) in [5.41, 5.74) is 11.7. The quantitative estimate of drug-likeness (QED) is 0.157. The van der Waals surface area contributed by atoms with Gasteiger partial charge in [0.15, 0.2) is 0 Å². The third kappa shape index (κ3) is 12.3. The van der Waals surface area contributed by atoms with Crippen molar-refractivity contribution in [2.75, 3.05) is 26.2 Å². The number of aliphatic imine (C=N–C) groups is 1. The first-order valence-corrected chi connectivity index (χ1v) is 15.7. The van der Waals surface area contributed by atoms with Crippen LogP contribution >= 0.6 is 11.3 Å². The number of carbonyl (C=O) groups is 4. The van der Waals surface area contributed by atoms with Gasteiger partial charge in [-0.2, -0.15) is 4.99 Å². The van der Waals surface area contributed by atoms with E-state index in [2.05, 4.69) is 15.6 Å². The van der Waals surface area contributed by atoms with E-state index in [4.69, 9.17) is 20.9 Å². The van der Waals surface area contributed by atoms with Gasteiger partial charge < -0.3 is 36.5 Å². The lowest BCUT2D eigenvalue weighted by atomic mass is 10.1. The molecule has 2 heterocycles. The van der Waals surface area contributed by atoms with E-state index >= 15 is 0 Å². The first-order valence-electron chi connectivity index (χ1n) is 14.8. The van der Waals surface area contributed by atoms with Crippen molar-refractivity contribution in [2.24, 2.45) is 22.4 Å². The molecule has 3 rings (SSSR count). The minimum absolute atomic E-state index is 0.0159. The molecule has 44 heavy (non-hydrogen) atoms. The number of amides is 4. The Hall–Kier alpha value is -3.97. The number of carbonyl (C=O) groups excluding carboxylic acids is 4. The lowest BCUT2D eigenvalue weighted by molar-refractivity contribution is -0.138. The average Bonchev–Trinajstić information content (AvgIpc) is 3.65. The number of nitrogens with two attached hydrogens (primary N) is 2. The molecule has 2 aromatic rings. The SMILES string of the molecule is CC.CC(C)(C)OC(=O)/N=C(\N)c1csc(CNC(=O)C2CC(CN)CN2C(=O)CNC(=O)CCCOc2ccccc2)c1. The monoisotopic (exact) mass is 630 g/mol. The fourth-order valence-electron chi connectivity index (χ4n) is 4.27. The van der Waals surface area contributed by atoms with Crippen LogP contribution in [0.1, 0.15) is 64.3 Å². The van der Waals surface area contributed by atoms with Crippen LogP contribution in [0.5, 0.6) is 5.75 Å². The molecule has 2 unspecified atom stereocenters. The van der Waals surface area contributed by atoms with E-state index in [1.54, 1.807) is 32.2 Å². The Morgan fingerprint density at radius 1 is 1.11 bits per heavy atom. The van der Waals surface area contributed by atoms with Crippen molar-refractivity contribution in [3.8, 4) is 5.75 Å². The molecule has 13 heteroatoms. The minimum Gasteiger partial charge on any atom is -0.494 e. The lowest BCUT2D eigenvalue weighted by Gasteiger charge is -2.24. The predicted molar refractivity (Wildman–Crippen MR) is 171 cm³/mol. The highest BCUT2D eigenvalue weighted by molar-refractivity contribution is 7.10. The normalized spacial score (nSPS) is 16.4. The highest BCUT2D eigenvalue weighted by atomic mass is 32.1. The Morgan fingerprint density at radius 2 is 1.82 bits per heavy atom. The van der Waals surface area contributed by atoms with Gasteiger partial charge in [-0.1, -0.05) is 32.0 Å². The summed E-state index contributed by atoms with van der Waals surface area (Å²) in [6.07, 6.45) is 0.367. The Kier molecular flexibility index (Phi) is 14.8. The predicted octanol–water partition coefficient (Wildman–Crippen LogP) is 3.18. The molecular formula is C31H46N6O6S. The first kappa shape index (κ1) is 36.2. The molecule has 6 N–H and O–H groups in total. The van der Waals surface area contributed by atoms with Crippen LogP contribution in [0.3, 0.4) is 0 Å². The molecule has 0 saturated carbocycles. The maximum absolute atomic E-state index is 13.1. The number of benzene rings is 1. The molecule has 1 saturated heterocycles. The van der Waals surface area contributed by atoms with Crippen LogP contribution in [0.4, 0.5) is 4.79 Å². The van der Waals surface area contributed by atoms with Gasteiger partial charge in [0, 0.05) is 28.8 Å². The number of hydrogen-bond acceptors (Lipinski definition) is 8. The lowest BCUT2D eigenvalue weighted by Crippen LogP contribution is -2.48. The average molecular weight is 631 g/mol. The van der Waals surface area contributed by atoms with Gasteiger partial charge in [0.2, 0.25) is 17.7 Å². The standard InChI is InChI=1S/C29H40N6O6S.C2H6/c1-29(2,3)41-28(39)34-26(31)20-13-22(42-18-20)15-33-27(38)23-12-19(14-30)17-35(23)25(37)16-32-24(36)10-7-11-40-21-8-5-4-6-9-21;1-2/h4-6,8-9,13,18-19,23H,7,10-12,14-17,30H2,1-3H3,(H,32,36)(H,33,38)(H2,31,34,39);1-2H3. The smallest absolute Gasteiger partial charge is 0.436 e. The first-order chi connectivity index (χ1) is 20.9. The molecule has 1 aromatic heterocycles. The molecule has 4 amide bonds. The molecule has 0 spiro atoms. The number of ether oxygens (including phenoxy) is 2. The van der Waals surface area contributed by atoms with Crippen LogP contribution in [0.2, 0.25) is 0 Å². The number of nitrogens with zero attached hydrogens (tertiary/aromatic N) is 2. The van der Waals surface area contributed by atoms with Crippen LogP contribution in [0, 0.1) is 5.92 Å². The van der Waals surface area contributed by atoms with E-state index in [1.807, 2.05) is 44.2 Å². The fraction of sp³-hybridized carbons (Fsp3) is 0.516. The van der Waals surface area contributed by atoms with Crippen molar-refractivity contribution in [3.63, 3.8) is 0 Å². The topological polar surface area (TPSA) is 178 Å². The molecule has 1 aliphatic heterocycles. The van der Waals surface area contributed by atoms with Crippen molar-refractivity contribution in [1.29, 1.82) is 0 Å². The zero-order chi connectivity index (χ0) is 32.7. The third-order valence-electron chi connectivity index (χ3n) is 6.33. The maximum Gasteiger partial charge on any atom is 0.436 e. The molecule has 1 aliphatic rings. The van der Waals surface area contributed by atoms with Crippen molar-refractivity contribution in [2.45, 2.75) is 72.1 Å². The zero-order valence-corrected chi connectivity index (χ0v) is 27.1. The maximum atomic E-state index is 13.1. The fourth-order valence-corrected chi connectivity index (χ4v) is 5.09. The van der Waals surface area contributed by atoms with Gasteiger partial charge in [0.05, 0.1) is 19.7 Å². The second-order valence-corrected chi connectivity index (χ2v) is 11.9. The Labute approximate surface area is 263 Å². The molecule has 12 nitrogen and oxygen atoms in total. The zero-order valence-electron chi connectivity index (χ0n) is 26.3. The summed E-state index contributed by atoms with van der Waals surface area (Å²) < 4.78 is 10.7. The summed E-state index contributed by atoms with van der Waals surface area (Å²) in [7, 11) is 0.